The van der Waals surface area contributed by atoms with E-state index in [-0.39, 0.29) is 23.8 Å². The van der Waals surface area contributed by atoms with E-state index in [1.807, 2.05) is 0 Å². The molecule has 0 unspecified atom stereocenters. The minimum absolute atomic E-state index is 0.116. The van der Waals surface area contributed by atoms with Crippen LogP contribution in [0.25, 0.3) is 0 Å². The van der Waals surface area contributed by atoms with Crippen LogP contribution < -0.4 is 5.32 Å². The van der Waals surface area contributed by atoms with Crippen LogP contribution in [0.3, 0.4) is 0 Å². The molecular weight excluding hydrogens is 334 g/mol. The van der Waals surface area contributed by atoms with Crippen LogP contribution in [0, 0.1) is 17.0 Å². The second-order valence-electron chi connectivity index (χ2n) is 4.76. The highest BCUT2D eigenvalue weighted by Gasteiger charge is 2.19. The second-order valence-corrected chi connectivity index (χ2v) is 5.76. The van der Waals surface area contributed by atoms with Gasteiger partial charge >= 0.3 is 5.97 Å². The van der Waals surface area contributed by atoms with Gasteiger partial charge in [0.05, 0.1) is 23.6 Å². The topological polar surface area (TPSA) is 111 Å². The molecule has 0 aliphatic carbocycles. The van der Waals surface area contributed by atoms with Crippen molar-refractivity contribution in [3.8, 4) is 0 Å². The lowest BCUT2D eigenvalue weighted by atomic mass is 10.1. The Morgan fingerprint density at radius 3 is 2.75 bits per heavy atom. The molecule has 24 heavy (non-hydrogen) atoms. The molecule has 0 atom stereocenters. The van der Waals surface area contributed by atoms with E-state index < -0.39 is 16.8 Å². The summed E-state index contributed by atoms with van der Waals surface area (Å²) in [4.78, 5) is 38.7. The Kier molecular flexibility index (Phi) is 5.59. The SMILES string of the molecule is CCOC(=O)c1sc(NC(=O)Cc2ccccc2[N+](=O)[O-])nc1C. The smallest absolute Gasteiger partial charge is 0.350 e. The fourth-order valence-electron chi connectivity index (χ4n) is 2.01. The quantitative estimate of drug-likeness (QED) is 0.487. The number of benzene rings is 1. The maximum Gasteiger partial charge on any atom is 0.350 e. The first kappa shape index (κ1) is 17.5. The molecule has 0 saturated carbocycles. The second kappa shape index (κ2) is 7.64. The van der Waals surface area contributed by atoms with E-state index in [4.69, 9.17) is 4.74 Å². The van der Waals surface area contributed by atoms with Crippen molar-refractivity contribution in [2.45, 2.75) is 20.3 Å². The van der Waals surface area contributed by atoms with Crippen LogP contribution in [0.4, 0.5) is 10.8 Å². The van der Waals surface area contributed by atoms with Gasteiger partial charge in [0.1, 0.15) is 4.88 Å². The van der Waals surface area contributed by atoms with Gasteiger partial charge in [0, 0.05) is 11.6 Å². The predicted octanol–water partition coefficient (Wildman–Crippen LogP) is 2.72. The van der Waals surface area contributed by atoms with Gasteiger partial charge in [-0.15, -0.1) is 0 Å². The number of ether oxygens (including phenoxy) is 1. The van der Waals surface area contributed by atoms with Crippen molar-refractivity contribution in [1.29, 1.82) is 0 Å². The van der Waals surface area contributed by atoms with Crippen LogP contribution in [0.15, 0.2) is 24.3 Å². The minimum Gasteiger partial charge on any atom is -0.462 e. The van der Waals surface area contributed by atoms with Crippen LogP contribution in [0.1, 0.15) is 27.9 Å². The van der Waals surface area contributed by atoms with Gasteiger partial charge in [0.15, 0.2) is 5.13 Å². The molecule has 1 N–H and O–H groups in total. The summed E-state index contributed by atoms with van der Waals surface area (Å²) in [6.07, 6.45) is -0.162. The van der Waals surface area contributed by atoms with Crippen molar-refractivity contribution in [2.24, 2.45) is 0 Å². The number of thiazole rings is 1. The van der Waals surface area contributed by atoms with Crippen molar-refractivity contribution < 1.29 is 19.2 Å². The molecule has 1 aromatic heterocycles. The molecule has 0 bridgehead atoms. The molecule has 0 fully saturated rings. The number of nitro benzene ring substituents is 1. The number of rotatable bonds is 6. The van der Waals surface area contributed by atoms with Gasteiger partial charge in [-0.3, -0.25) is 14.9 Å². The number of para-hydroxylation sites is 1. The van der Waals surface area contributed by atoms with E-state index in [9.17, 15) is 19.7 Å². The largest absolute Gasteiger partial charge is 0.462 e. The first-order valence-electron chi connectivity index (χ1n) is 7.09. The molecule has 0 spiro atoms. The highest BCUT2D eigenvalue weighted by molar-refractivity contribution is 7.17. The maximum atomic E-state index is 12.1. The molecule has 0 saturated heterocycles. The van der Waals surface area contributed by atoms with Crippen molar-refractivity contribution >= 4 is 34.0 Å². The van der Waals surface area contributed by atoms with Gasteiger partial charge in [0.2, 0.25) is 5.91 Å². The van der Waals surface area contributed by atoms with Crippen molar-refractivity contribution in [3.05, 3.63) is 50.5 Å². The number of carbonyl (C=O) groups is 2. The van der Waals surface area contributed by atoms with Gasteiger partial charge in [0.25, 0.3) is 5.69 Å². The third kappa shape index (κ3) is 4.13. The number of nitrogens with zero attached hydrogens (tertiary/aromatic N) is 2. The van der Waals surface area contributed by atoms with Crippen LogP contribution in [0.2, 0.25) is 0 Å². The number of nitro groups is 1. The molecule has 9 heteroatoms. The molecule has 2 rings (SSSR count). The fraction of sp³-hybridized carbons (Fsp3) is 0.267. The van der Waals surface area contributed by atoms with Crippen LogP contribution in [0.5, 0.6) is 0 Å². The summed E-state index contributed by atoms with van der Waals surface area (Å²) in [5.74, 6) is -0.944. The first-order chi connectivity index (χ1) is 11.4. The number of anilines is 1. The summed E-state index contributed by atoms with van der Waals surface area (Å²) in [5.41, 5.74) is 0.647. The molecule has 0 radical (unpaired) electrons. The number of nitrogens with one attached hydrogen (secondary N) is 1. The molecule has 1 amide bonds. The average Bonchev–Trinajstić information content (AvgIpc) is 2.88. The summed E-state index contributed by atoms with van der Waals surface area (Å²) in [6, 6.07) is 6.03. The summed E-state index contributed by atoms with van der Waals surface area (Å²) in [7, 11) is 0. The molecule has 1 aromatic carbocycles. The van der Waals surface area contributed by atoms with E-state index in [0.29, 0.717) is 16.1 Å². The fourth-order valence-corrected chi connectivity index (χ4v) is 2.89. The molecule has 0 aliphatic heterocycles. The zero-order valence-corrected chi connectivity index (χ0v) is 13.9. The Hall–Kier alpha value is -2.81. The Morgan fingerprint density at radius 1 is 1.38 bits per heavy atom. The van der Waals surface area contributed by atoms with E-state index in [1.54, 1.807) is 19.9 Å². The molecular formula is C15H15N3O5S. The number of carbonyl (C=O) groups excluding carboxylic acids is 2. The van der Waals surface area contributed by atoms with E-state index >= 15 is 0 Å². The van der Waals surface area contributed by atoms with Gasteiger partial charge in [-0.25, -0.2) is 9.78 Å². The number of aryl methyl sites for hydroxylation is 1. The number of amides is 1. The van der Waals surface area contributed by atoms with Gasteiger partial charge in [-0.2, -0.15) is 0 Å². The van der Waals surface area contributed by atoms with Gasteiger partial charge < -0.3 is 10.1 Å². The van der Waals surface area contributed by atoms with Crippen molar-refractivity contribution in [3.63, 3.8) is 0 Å². The average molecular weight is 349 g/mol. The van der Waals surface area contributed by atoms with E-state index in [0.717, 1.165) is 11.3 Å². The molecule has 0 aliphatic rings. The standard InChI is InChI=1S/C15H15N3O5S/c1-3-23-14(20)13-9(2)16-15(24-13)17-12(19)8-10-6-4-5-7-11(10)18(21)22/h4-7H,3,8H2,1-2H3,(H,16,17,19). The molecule has 2 aromatic rings. The maximum absolute atomic E-state index is 12.1. The third-order valence-corrected chi connectivity index (χ3v) is 4.10. The lowest BCUT2D eigenvalue weighted by Crippen LogP contribution is -2.15. The highest BCUT2D eigenvalue weighted by Crippen LogP contribution is 2.24. The van der Waals surface area contributed by atoms with Crippen molar-refractivity contribution in [1.82, 2.24) is 4.98 Å². The number of aromatic nitrogens is 1. The van der Waals surface area contributed by atoms with Crippen molar-refractivity contribution in [2.75, 3.05) is 11.9 Å². The number of hydrogen-bond acceptors (Lipinski definition) is 7. The first-order valence-corrected chi connectivity index (χ1v) is 7.90. The lowest BCUT2D eigenvalue weighted by Gasteiger charge is -2.03. The number of hydrogen-bond donors (Lipinski definition) is 1. The van der Waals surface area contributed by atoms with Gasteiger partial charge in [-0.1, -0.05) is 29.5 Å². The summed E-state index contributed by atoms with van der Waals surface area (Å²) < 4.78 is 4.91. The zero-order chi connectivity index (χ0) is 17.7. The van der Waals surface area contributed by atoms with Crippen LogP contribution in [-0.4, -0.2) is 28.4 Å². The van der Waals surface area contributed by atoms with Crippen LogP contribution >= 0.6 is 11.3 Å². The minimum atomic E-state index is -0.533. The molecule has 126 valence electrons. The predicted molar refractivity (Wildman–Crippen MR) is 88.2 cm³/mol. The van der Waals surface area contributed by atoms with E-state index in [1.165, 1.54) is 18.2 Å². The van der Waals surface area contributed by atoms with Crippen LogP contribution in [-0.2, 0) is 16.0 Å². The highest BCUT2D eigenvalue weighted by atomic mass is 32.1. The number of esters is 1. The Labute approximate surface area is 141 Å². The Morgan fingerprint density at radius 2 is 2.08 bits per heavy atom. The van der Waals surface area contributed by atoms with Gasteiger partial charge in [-0.05, 0) is 13.8 Å². The summed E-state index contributed by atoms with van der Waals surface area (Å²) >= 11 is 1.01. The monoisotopic (exact) mass is 349 g/mol. The molecule has 8 nitrogen and oxygen atoms in total. The lowest BCUT2D eigenvalue weighted by molar-refractivity contribution is -0.385. The zero-order valence-electron chi connectivity index (χ0n) is 13.1. The van der Waals surface area contributed by atoms with E-state index in [2.05, 4.69) is 10.3 Å². The Balaban J connectivity index is 2.10. The summed E-state index contributed by atoms with van der Waals surface area (Å²) in [6.45, 7) is 3.58. The Bertz CT molecular complexity index is 787. The third-order valence-electron chi connectivity index (χ3n) is 3.04. The normalized spacial score (nSPS) is 10.2. The molecule has 1 heterocycles. The summed E-state index contributed by atoms with van der Waals surface area (Å²) in [5, 5.41) is 13.8.